The number of para-hydroxylation sites is 1. The number of carbonyl (C=O) groups is 1. The molecular formula is C24H32N4O2. The molecule has 0 radical (unpaired) electrons. The van der Waals surface area contributed by atoms with Crippen molar-refractivity contribution in [3.05, 3.63) is 42.1 Å². The van der Waals surface area contributed by atoms with Crippen molar-refractivity contribution in [2.45, 2.75) is 50.5 Å². The van der Waals surface area contributed by atoms with E-state index >= 15 is 0 Å². The van der Waals surface area contributed by atoms with Crippen LogP contribution in [0.3, 0.4) is 0 Å². The number of aromatic nitrogens is 2. The van der Waals surface area contributed by atoms with Crippen molar-refractivity contribution < 1.29 is 9.53 Å². The minimum Gasteiger partial charge on any atom is -0.385 e. The average molecular weight is 409 g/mol. The molecule has 0 spiro atoms. The quantitative estimate of drug-likeness (QED) is 0.648. The lowest BCUT2D eigenvalue weighted by Gasteiger charge is -2.56. The van der Waals surface area contributed by atoms with E-state index in [4.69, 9.17) is 4.74 Å². The van der Waals surface area contributed by atoms with Gasteiger partial charge in [-0.25, -0.2) is 4.68 Å². The maximum Gasteiger partial charge on any atom is 0.257 e. The summed E-state index contributed by atoms with van der Waals surface area (Å²) in [6.07, 6.45) is 10.1. The van der Waals surface area contributed by atoms with E-state index in [2.05, 4.69) is 15.7 Å². The van der Waals surface area contributed by atoms with E-state index in [1.165, 1.54) is 19.3 Å². The number of hydrogen-bond acceptors (Lipinski definition) is 4. The first-order valence-electron chi connectivity index (χ1n) is 11.3. The maximum atomic E-state index is 13.5. The normalized spacial score (nSPS) is 29.2. The van der Waals surface area contributed by atoms with Crippen LogP contribution in [-0.4, -0.2) is 41.5 Å². The van der Waals surface area contributed by atoms with Gasteiger partial charge in [0.25, 0.3) is 5.91 Å². The molecule has 4 aliphatic rings. The second kappa shape index (κ2) is 8.06. The monoisotopic (exact) mass is 408 g/mol. The fourth-order valence-corrected chi connectivity index (χ4v) is 6.44. The second-order valence-corrected chi connectivity index (χ2v) is 9.58. The lowest BCUT2D eigenvalue weighted by molar-refractivity contribution is -0.0166. The lowest BCUT2D eigenvalue weighted by atomic mass is 9.53. The van der Waals surface area contributed by atoms with Gasteiger partial charge in [-0.05, 0) is 74.8 Å². The zero-order valence-electron chi connectivity index (χ0n) is 17.8. The number of anilines is 1. The second-order valence-electron chi connectivity index (χ2n) is 9.58. The van der Waals surface area contributed by atoms with Crippen molar-refractivity contribution >= 4 is 11.7 Å². The van der Waals surface area contributed by atoms with E-state index in [0.29, 0.717) is 12.2 Å². The standard InChI is InChI=1S/C24H32N4O2/c1-30-9-5-8-25-22-21(16-26-28(22)20-6-3-2-4-7-20)23(29)27-24-13-17-10-18(14-24)12-19(11-17)15-24/h2-4,6-7,16-19,25H,5,8-15H2,1H3,(H,27,29). The minimum atomic E-state index is -0.00595. The Bertz CT molecular complexity index is 857. The van der Waals surface area contributed by atoms with Gasteiger partial charge in [-0.15, -0.1) is 0 Å². The number of methoxy groups -OCH3 is 1. The van der Waals surface area contributed by atoms with Gasteiger partial charge >= 0.3 is 0 Å². The predicted molar refractivity (Wildman–Crippen MR) is 117 cm³/mol. The average Bonchev–Trinajstić information content (AvgIpc) is 3.14. The van der Waals surface area contributed by atoms with E-state index in [0.717, 1.165) is 61.5 Å². The molecule has 1 aromatic heterocycles. The highest BCUT2D eigenvalue weighted by atomic mass is 16.5. The van der Waals surface area contributed by atoms with Crippen molar-refractivity contribution in [2.24, 2.45) is 17.8 Å². The number of nitrogens with one attached hydrogen (secondary N) is 2. The number of rotatable bonds is 8. The number of benzene rings is 1. The molecule has 4 bridgehead atoms. The highest BCUT2D eigenvalue weighted by Gasteiger charge is 2.51. The molecule has 2 N–H and O–H groups in total. The van der Waals surface area contributed by atoms with Gasteiger partial charge in [0, 0.05) is 25.8 Å². The lowest BCUT2D eigenvalue weighted by Crippen LogP contribution is -2.59. The number of ether oxygens (including phenoxy) is 1. The van der Waals surface area contributed by atoms with E-state index in [1.807, 2.05) is 35.0 Å². The molecule has 6 heteroatoms. The summed E-state index contributed by atoms with van der Waals surface area (Å²) in [6, 6.07) is 9.98. The summed E-state index contributed by atoms with van der Waals surface area (Å²) in [4.78, 5) is 13.5. The highest BCUT2D eigenvalue weighted by molar-refractivity contribution is 5.99. The van der Waals surface area contributed by atoms with Crippen molar-refractivity contribution in [3.8, 4) is 5.69 Å². The predicted octanol–water partition coefficient (Wildman–Crippen LogP) is 4.02. The summed E-state index contributed by atoms with van der Waals surface area (Å²) < 4.78 is 7.01. The molecule has 4 saturated carbocycles. The topological polar surface area (TPSA) is 68.2 Å². The Kier molecular flexibility index (Phi) is 5.27. The Morgan fingerprint density at radius 1 is 1.13 bits per heavy atom. The maximum absolute atomic E-state index is 13.5. The first kappa shape index (κ1) is 19.6. The molecule has 4 aliphatic carbocycles. The van der Waals surface area contributed by atoms with Gasteiger partial charge in [-0.3, -0.25) is 4.79 Å². The smallest absolute Gasteiger partial charge is 0.257 e. The van der Waals surface area contributed by atoms with Gasteiger partial charge in [0.15, 0.2) is 0 Å². The van der Waals surface area contributed by atoms with Crippen LogP contribution < -0.4 is 10.6 Å². The summed E-state index contributed by atoms with van der Waals surface area (Å²) in [5, 5.41) is 11.5. The van der Waals surface area contributed by atoms with Crippen LogP contribution in [0.5, 0.6) is 0 Å². The molecule has 1 aromatic carbocycles. The van der Waals surface area contributed by atoms with Gasteiger partial charge in [0.2, 0.25) is 0 Å². The molecule has 6 nitrogen and oxygen atoms in total. The molecule has 30 heavy (non-hydrogen) atoms. The summed E-state index contributed by atoms with van der Waals surface area (Å²) in [5.41, 5.74) is 1.57. The van der Waals surface area contributed by atoms with E-state index in [1.54, 1.807) is 13.3 Å². The number of amides is 1. The zero-order chi connectivity index (χ0) is 20.6. The summed E-state index contributed by atoms with van der Waals surface area (Å²) >= 11 is 0. The van der Waals surface area contributed by atoms with Crippen LogP contribution in [0.25, 0.3) is 5.69 Å². The molecule has 0 unspecified atom stereocenters. The molecular weight excluding hydrogens is 376 g/mol. The van der Waals surface area contributed by atoms with E-state index < -0.39 is 0 Å². The zero-order valence-corrected chi connectivity index (χ0v) is 17.8. The van der Waals surface area contributed by atoms with E-state index in [-0.39, 0.29) is 11.4 Å². The fraction of sp³-hybridized carbons (Fsp3) is 0.583. The summed E-state index contributed by atoms with van der Waals surface area (Å²) in [6.45, 7) is 1.41. The number of carbonyl (C=O) groups excluding carboxylic acids is 1. The van der Waals surface area contributed by atoms with E-state index in [9.17, 15) is 4.79 Å². The molecule has 0 aliphatic heterocycles. The van der Waals surface area contributed by atoms with Crippen LogP contribution in [0.1, 0.15) is 55.3 Å². The summed E-state index contributed by atoms with van der Waals surface area (Å²) in [7, 11) is 1.71. The van der Waals surface area contributed by atoms with Crippen molar-refractivity contribution in [2.75, 3.05) is 25.6 Å². The van der Waals surface area contributed by atoms with Crippen LogP contribution in [-0.2, 0) is 4.74 Å². The molecule has 4 fully saturated rings. The summed E-state index contributed by atoms with van der Waals surface area (Å²) in [5.74, 6) is 3.17. The molecule has 6 rings (SSSR count). The molecule has 0 saturated heterocycles. The Hall–Kier alpha value is -2.34. The highest BCUT2D eigenvalue weighted by Crippen LogP contribution is 2.55. The first-order chi connectivity index (χ1) is 14.7. The Morgan fingerprint density at radius 3 is 2.43 bits per heavy atom. The Balaban J connectivity index is 1.39. The van der Waals surface area contributed by atoms with Crippen molar-refractivity contribution in [1.82, 2.24) is 15.1 Å². The first-order valence-corrected chi connectivity index (χ1v) is 11.3. The van der Waals surface area contributed by atoms with Crippen molar-refractivity contribution in [3.63, 3.8) is 0 Å². The molecule has 1 amide bonds. The van der Waals surface area contributed by atoms with Gasteiger partial charge in [0.05, 0.1) is 11.9 Å². The largest absolute Gasteiger partial charge is 0.385 e. The third-order valence-corrected chi connectivity index (χ3v) is 7.25. The SMILES string of the molecule is COCCCNc1c(C(=O)NC23CC4CC(CC(C4)C2)C3)cnn1-c1ccccc1. The van der Waals surface area contributed by atoms with Crippen molar-refractivity contribution in [1.29, 1.82) is 0 Å². The van der Waals surface area contributed by atoms with Gasteiger partial charge in [-0.2, -0.15) is 5.10 Å². The fourth-order valence-electron chi connectivity index (χ4n) is 6.44. The molecule has 1 heterocycles. The minimum absolute atomic E-state index is 0.00595. The van der Waals surface area contributed by atoms with Crippen LogP contribution in [0, 0.1) is 17.8 Å². The van der Waals surface area contributed by atoms with Crippen LogP contribution in [0.2, 0.25) is 0 Å². The molecule has 160 valence electrons. The third-order valence-electron chi connectivity index (χ3n) is 7.25. The number of nitrogens with zero attached hydrogens (tertiary/aromatic N) is 2. The third kappa shape index (κ3) is 3.73. The van der Waals surface area contributed by atoms with Gasteiger partial charge in [-0.1, -0.05) is 18.2 Å². The molecule has 0 atom stereocenters. The van der Waals surface area contributed by atoms with Crippen LogP contribution in [0.15, 0.2) is 36.5 Å². The Morgan fingerprint density at radius 2 is 1.80 bits per heavy atom. The Labute approximate surface area is 178 Å². The van der Waals surface area contributed by atoms with Gasteiger partial charge < -0.3 is 15.4 Å². The van der Waals surface area contributed by atoms with Crippen LogP contribution in [0.4, 0.5) is 5.82 Å². The number of hydrogen-bond donors (Lipinski definition) is 2. The van der Waals surface area contributed by atoms with Gasteiger partial charge in [0.1, 0.15) is 11.4 Å². The molecule has 2 aromatic rings. The van der Waals surface area contributed by atoms with Crippen LogP contribution >= 0.6 is 0 Å².